The summed E-state index contributed by atoms with van der Waals surface area (Å²) in [5.41, 5.74) is 0.249. The van der Waals surface area contributed by atoms with E-state index in [1.807, 2.05) is 0 Å². The van der Waals surface area contributed by atoms with Gasteiger partial charge in [0, 0.05) is 36.6 Å². The molecule has 1 atom stereocenters. The Labute approximate surface area is 111 Å². The minimum atomic E-state index is -0.699. The van der Waals surface area contributed by atoms with Crippen LogP contribution in [-0.2, 0) is 4.79 Å². The monoisotopic (exact) mass is 256 g/mol. The van der Waals surface area contributed by atoms with Gasteiger partial charge in [0.2, 0.25) is 0 Å². The fourth-order valence-electron chi connectivity index (χ4n) is 3.21. The van der Waals surface area contributed by atoms with Crippen molar-refractivity contribution in [2.24, 2.45) is 0 Å². The number of carbonyl (C=O) groups is 1. The van der Waals surface area contributed by atoms with Crippen molar-refractivity contribution in [3.63, 3.8) is 0 Å². The average Bonchev–Trinajstić information content (AvgIpc) is 2.12. The molecular formula is C14H28N2O2. The van der Waals surface area contributed by atoms with Gasteiger partial charge in [-0.15, -0.1) is 0 Å². The second-order valence-electron chi connectivity index (χ2n) is 7.10. The van der Waals surface area contributed by atoms with Crippen molar-refractivity contribution in [3.05, 3.63) is 0 Å². The normalized spacial score (nSPS) is 26.2. The molecule has 106 valence electrons. The maximum Gasteiger partial charge on any atom is 0.303 e. The van der Waals surface area contributed by atoms with Gasteiger partial charge >= 0.3 is 5.97 Å². The Bertz CT molecular complexity index is 307. The summed E-state index contributed by atoms with van der Waals surface area (Å²) in [6, 6.07) is 0.341. The number of carboxylic acid groups (broad SMARTS) is 1. The van der Waals surface area contributed by atoms with Gasteiger partial charge in [0.1, 0.15) is 0 Å². The summed E-state index contributed by atoms with van der Waals surface area (Å²) in [7, 11) is 2.11. The van der Waals surface area contributed by atoms with Crippen LogP contribution in [0.1, 0.15) is 47.5 Å². The molecule has 0 aromatic carbocycles. The van der Waals surface area contributed by atoms with Gasteiger partial charge in [-0.05, 0) is 48.1 Å². The topological polar surface area (TPSA) is 43.8 Å². The Morgan fingerprint density at radius 2 is 1.94 bits per heavy atom. The van der Waals surface area contributed by atoms with Crippen LogP contribution in [0, 0.1) is 0 Å². The number of aliphatic carboxylic acids is 1. The standard InChI is InChI=1S/C14H28N2O2/c1-13(2,3)16-9-11(7-8-12(17)18)15(6)10-14(16,4)5/h11H,7-10H2,1-6H3,(H,17,18). The van der Waals surface area contributed by atoms with E-state index in [0.29, 0.717) is 6.04 Å². The molecule has 1 unspecified atom stereocenters. The highest BCUT2D eigenvalue weighted by Crippen LogP contribution is 2.31. The third kappa shape index (κ3) is 3.69. The van der Waals surface area contributed by atoms with Crippen molar-refractivity contribution in [1.29, 1.82) is 0 Å². The van der Waals surface area contributed by atoms with Crippen molar-refractivity contribution in [2.75, 3.05) is 20.1 Å². The lowest BCUT2D eigenvalue weighted by Crippen LogP contribution is -2.66. The van der Waals surface area contributed by atoms with Crippen LogP contribution in [0.4, 0.5) is 0 Å². The third-order valence-electron chi connectivity index (χ3n) is 3.88. The second kappa shape index (κ2) is 5.17. The highest BCUT2D eigenvalue weighted by atomic mass is 16.4. The van der Waals surface area contributed by atoms with Crippen molar-refractivity contribution in [1.82, 2.24) is 9.80 Å². The van der Waals surface area contributed by atoms with Gasteiger partial charge in [-0.25, -0.2) is 0 Å². The Morgan fingerprint density at radius 1 is 1.39 bits per heavy atom. The molecule has 1 aliphatic heterocycles. The van der Waals surface area contributed by atoms with Gasteiger partial charge < -0.3 is 10.0 Å². The summed E-state index contributed by atoms with van der Waals surface area (Å²) in [5.74, 6) is -0.699. The highest BCUT2D eigenvalue weighted by molar-refractivity contribution is 5.66. The van der Waals surface area contributed by atoms with Gasteiger partial charge in [-0.2, -0.15) is 0 Å². The molecule has 1 N–H and O–H groups in total. The van der Waals surface area contributed by atoms with E-state index in [4.69, 9.17) is 5.11 Å². The molecule has 0 spiro atoms. The summed E-state index contributed by atoms with van der Waals surface area (Å²) >= 11 is 0. The molecule has 0 amide bonds. The lowest BCUT2D eigenvalue weighted by Gasteiger charge is -2.55. The predicted octanol–water partition coefficient (Wildman–Crippen LogP) is 2.04. The fourth-order valence-corrected chi connectivity index (χ4v) is 3.21. The molecule has 0 bridgehead atoms. The Morgan fingerprint density at radius 3 is 2.39 bits per heavy atom. The molecule has 0 aliphatic carbocycles. The van der Waals surface area contributed by atoms with Gasteiger partial charge in [-0.3, -0.25) is 9.69 Å². The quantitative estimate of drug-likeness (QED) is 0.839. The van der Waals surface area contributed by atoms with E-state index in [9.17, 15) is 4.79 Å². The van der Waals surface area contributed by atoms with Crippen LogP contribution >= 0.6 is 0 Å². The summed E-state index contributed by atoms with van der Waals surface area (Å²) in [6.45, 7) is 13.1. The Kier molecular flexibility index (Phi) is 4.44. The molecular weight excluding hydrogens is 228 g/mol. The first-order chi connectivity index (χ1) is 8.04. The Hall–Kier alpha value is -0.610. The molecule has 1 saturated heterocycles. The van der Waals surface area contributed by atoms with Gasteiger partial charge in [0.05, 0.1) is 0 Å². The average molecular weight is 256 g/mol. The minimum Gasteiger partial charge on any atom is -0.481 e. The van der Waals surface area contributed by atoms with Crippen LogP contribution in [-0.4, -0.2) is 58.1 Å². The lowest BCUT2D eigenvalue weighted by atomic mass is 9.88. The predicted molar refractivity (Wildman–Crippen MR) is 73.8 cm³/mol. The molecule has 4 nitrogen and oxygen atoms in total. The van der Waals surface area contributed by atoms with E-state index in [1.54, 1.807) is 0 Å². The second-order valence-corrected chi connectivity index (χ2v) is 7.10. The number of likely N-dealkylation sites (N-methyl/N-ethyl adjacent to an activating group) is 1. The minimum absolute atomic E-state index is 0.117. The van der Waals surface area contributed by atoms with E-state index in [1.165, 1.54) is 0 Å². The number of rotatable bonds is 3. The molecule has 1 fully saturated rings. The first-order valence-corrected chi connectivity index (χ1v) is 6.74. The van der Waals surface area contributed by atoms with Crippen LogP contribution in [0.15, 0.2) is 0 Å². The van der Waals surface area contributed by atoms with Crippen molar-refractivity contribution >= 4 is 5.97 Å². The summed E-state index contributed by atoms with van der Waals surface area (Å²) < 4.78 is 0. The van der Waals surface area contributed by atoms with Crippen LogP contribution < -0.4 is 0 Å². The molecule has 1 heterocycles. The molecule has 0 aromatic heterocycles. The van der Waals surface area contributed by atoms with Crippen LogP contribution in [0.25, 0.3) is 0 Å². The molecule has 0 saturated carbocycles. The smallest absolute Gasteiger partial charge is 0.303 e. The van der Waals surface area contributed by atoms with Crippen molar-refractivity contribution in [2.45, 2.75) is 64.6 Å². The highest BCUT2D eigenvalue weighted by Gasteiger charge is 2.42. The van der Waals surface area contributed by atoms with E-state index < -0.39 is 5.97 Å². The van der Waals surface area contributed by atoms with E-state index in [-0.39, 0.29) is 17.5 Å². The van der Waals surface area contributed by atoms with Gasteiger partial charge in [-0.1, -0.05) is 0 Å². The molecule has 1 rings (SSSR count). The first kappa shape index (κ1) is 15.4. The number of nitrogens with zero attached hydrogens (tertiary/aromatic N) is 2. The van der Waals surface area contributed by atoms with Crippen molar-refractivity contribution < 1.29 is 9.90 Å². The van der Waals surface area contributed by atoms with Crippen LogP contribution in [0.2, 0.25) is 0 Å². The zero-order valence-electron chi connectivity index (χ0n) is 12.7. The van der Waals surface area contributed by atoms with Gasteiger partial charge in [0.15, 0.2) is 0 Å². The van der Waals surface area contributed by atoms with E-state index >= 15 is 0 Å². The van der Waals surface area contributed by atoms with Crippen LogP contribution in [0.3, 0.4) is 0 Å². The number of carboxylic acids is 1. The molecule has 0 aromatic rings. The zero-order valence-corrected chi connectivity index (χ0v) is 12.7. The van der Waals surface area contributed by atoms with Crippen LogP contribution in [0.5, 0.6) is 0 Å². The largest absolute Gasteiger partial charge is 0.481 e. The molecule has 4 heteroatoms. The number of hydrogen-bond acceptors (Lipinski definition) is 3. The lowest BCUT2D eigenvalue weighted by molar-refractivity contribution is -0.137. The zero-order chi connectivity index (χ0) is 14.1. The molecule has 18 heavy (non-hydrogen) atoms. The van der Waals surface area contributed by atoms with Crippen molar-refractivity contribution in [3.8, 4) is 0 Å². The first-order valence-electron chi connectivity index (χ1n) is 6.74. The third-order valence-corrected chi connectivity index (χ3v) is 3.88. The molecule has 1 aliphatic rings. The SMILES string of the molecule is CN1CC(C)(C)N(C(C)(C)C)CC1CCC(=O)O. The maximum atomic E-state index is 10.7. The van der Waals surface area contributed by atoms with E-state index in [0.717, 1.165) is 19.5 Å². The summed E-state index contributed by atoms with van der Waals surface area (Å²) in [4.78, 5) is 15.5. The summed E-state index contributed by atoms with van der Waals surface area (Å²) in [6.07, 6.45) is 0.988. The van der Waals surface area contributed by atoms with E-state index in [2.05, 4.69) is 51.5 Å². The van der Waals surface area contributed by atoms with Gasteiger partial charge in [0.25, 0.3) is 0 Å². The maximum absolute atomic E-state index is 10.7. The Balaban J connectivity index is 2.77. The number of hydrogen-bond donors (Lipinski definition) is 1. The fraction of sp³-hybridized carbons (Fsp3) is 0.929. The molecule has 0 radical (unpaired) electrons. The number of piperazine rings is 1. The summed E-state index contributed by atoms with van der Waals surface area (Å²) in [5, 5.41) is 8.83.